The van der Waals surface area contributed by atoms with Crippen molar-refractivity contribution in [3.8, 4) is 12.3 Å². The first-order chi connectivity index (χ1) is 8.69. The van der Waals surface area contributed by atoms with Crippen LogP contribution in [0.3, 0.4) is 0 Å². The summed E-state index contributed by atoms with van der Waals surface area (Å²) in [5.41, 5.74) is 1.51. The molecule has 1 fully saturated rings. The number of amides is 2. The molecule has 4 nitrogen and oxygen atoms in total. The van der Waals surface area contributed by atoms with Crippen LogP contribution in [0.1, 0.15) is 5.56 Å². The van der Waals surface area contributed by atoms with Gasteiger partial charge < -0.3 is 15.1 Å². The Labute approximate surface area is 108 Å². The summed E-state index contributed by atoms with van der Waals surface area (Å²) >= 11 is 0. The average Bonchev–Trinajstić information content (AvgIpc) is 2.39. The van der Waals surface area contributed by atoms with E-state index in [2.05, 4.69) is 23.2 Å². The van der Waals surface area contributed by atoms with E-state index in [4.69, 9.17) is 6.42 Å². The number of hydrogen-bond donors (Lipinski definition) is 1. The predicted molar refractivity (Wildman–Crippen MR) is 72.5 cm³/mol. The highest BCUT2D eigenvalue weighted by molar-refractivity contribution is 5.89. The normalized spacial score (nSPS) is 16.1. The molecule has 0 atom stereocenters. The number of nitrogens with zero attached hydrogens (tertiary/aromatic N) is 2. The van der Waals surface area contributed by atoms with Gasteiger partial charge in [-0.3, -0.25) is 0 Å². The number of terminal acetylenes is 1. The van der Waals surface area contributed by atoms with Crippen LogP contribution in [-0.4, -0.2) is 49.1 Å². The summed E-state index contributed by atoms with van der Waals surface area (Å²) in [5, 5.41) is 2.87. The second-order valence-electron chi connectivity index (χ2n) is 4.45. The Morgan fingerprint density at radius 3 is 2.72 bits per heavy atom. The van der Waals surface area contributed by atoms with E-state index >= 15 is 0 Å². The number of carbonyl (C=O) groups excluding carboxylic acids is 1. The third kappa shape index (κ3) is 3.02. The van der Waals surface area contributed by atoms with E-state index in [9.17, 15) is 4.79 Å². The number of hydrogen-bond acceptors (Lipinski definition) is 2. The van der Waals surface area contributed by atoms with Crippen molar-refractivity contribution >= 4 is 11.7 Å². The third-order valence-corrected chi connectivity index (χ3v) is 3.07. The number of benzene rings is 1. The maximum absolute atomic E-state index is 12.0. The van der Waals surface area contributed by atoms with E-state index in [1.807, 2.05) is 23.1 Å². The van der Waals surface area contributed by atoms with Crippen LogP contribution >= 0.6 is 0 Å². The highest BCUT2D eigenvalue weighted by Gasteiger charge is 2.18. The van der Waals surface area contributed by atoms with Crippen LogP contribution in [0, 0.1) is 12.3 Å². The Kier molecular flexibility index (Phi) is 3.85. The Bertz CT molecular complexity index is 470. The van der Waals surface area contributed by atoms with Gasteiger partial charge in [-0.25, -0.2) is 4.79 Å². The number of rotatable bonds is 1. The zero-order valence-electron chi connectivity index (χ0n) is 10.5. The van der Waals surface area contributed by atoms with Crippen LogP contribution in [0.5, 0.6) is 0 Å². The molecule has 1 aromatic carbocycles. The van der Waals surface area contributed by atoms with Crippen LogP contribution < -0.4 is 5.32 Å². The molecule has 18 heavy (non-hydrogen) atoms. The largest absolute Gasteiger partial charge is 0.322 e. The standard InChI is InChI=1S/C14H17N3O/c1-3-12-5-4-6-13(11-12)15-14(18)17-9-7-16(2)8-10-17/h1,4-6,11H,7-10H2,2H3,(H,15,18). The summed E-state index contributed by atoms with van der Waals surface area (Å²) in [5.74, 6) is 2.55. The summed E-state index contributed by atoms with van der Waals surface area (Å²) in [6.07, 6.45) is 5.33. The molecular formula is C14H17N3O. The fraction of sp³-hybridized carbons (Fsp3) is 0.357. The third-order valence-electron chi connectivity index (χ3n) is 3.07. The SMILES string of the molecule is C#Cc1cccc(NC(=O)N2CCN(C)CC2)c1. The van der Waals surface area contributed by atoms with E-state index in [1.54, 1.807) is 6.07 Å². The Morgan fingerprint density at radius 2 is 2.06 bits per heavy atom. The van der Waals surface area contributed by atoms with Crippen LogP contribution in [-0.2, 0) is 0 Å². The summed E-state index contributed by atoms with van der Waals surface area (Å²) in [7, 11) is 2.06. The summed E-state index contributed by atoms with van der Waals surface area (Å²) in [6, 6.07) is 7.26. The molecule has 0 bridgehead atoms. The van der Waals surface area contributed by atoms with Crippen molar-refractivity contribution in [2.45, 2.75) is 0 Å². The molecule has 1 aromatic rings. The molecule has 0 aromatic heterocycles. The number of likely N-dealkylation sites (N-methyl/N-ethyl adjacent to an activating group) is 1. The first kappa shape index (κ1) is 12.5. The zero-order valence-corrected chi connectivity index (χ0v) is 10.5. The number of urea groups is 1. The van der Waals surface area contributed by atoms with Crippen molar-refractivity contribution in [2.75, 3.05) is 38.5 Å². The lowest BCUT2D eigenvalue weighted by Crippen LogP contribution is -2.48. The lowest BCUT2D eigenvalue weighted by atomic mass is 10.2. The molecule has 1 saturated heterocycles. The van der Waals surface area contributed by atoms with E-state index in [1.165, 1.54) is 0 Å². The maximum atomic E-state index is 12.0. The van der Waals surface area contributed by atoms with E-state index in [0.29, 0.717) is 0 Å². The van der Waals surface area contributed by atoms with Crippen LogP contribution in [0.15, 0.2) is 24.3 Å². The van der Waals surface area contributed by atoms with Crippen LogP contribution in [0.25, 0.3) is 0 Å². The van der Waals surface area contributed by atoms with Gasteiger partial charge in [0.25, 0.3) is 0 Å². The summed E-state index contributed by atoms with van der Waals surface area (Å²) in [6.45, 7) is 3.35. The van der Waals surface area contributed by atoms with Crippen molar-refractivity contribution in [2.24, 2.45) is 0 Å². The van der Waals surface area contributed by atoms with E-state index in [0.717, 1.165) is 37.4 Å². The average molecular weight is 243 g/mol. The second kappa shape index (κ2) is 5.56. The molecule has 1 heterocycles. The van der Waals surface area contributed by atoms with E-state index in [-0.39, 0.29) is 6.03 Å². The lowest BCUT2D eigenvalue weighted by molar-refractivity contribution is 0.164. The highest BCUT2D eigenvalue weighted by atomic mass is 16.2. The molecular weight excluding hydrogens is 226 g/mol. The molecule has 0 saturated carbocycles. The fourth-order valence-corrected chi connectivity index (χ4v) is 1.90. The Balaban J connectivity index is 1.96. The van der Waals surface area contributed by atoms with Gasteiger partial charge in [0.1, 0.15) is 0 Å². The minimum Gasteiger partial charge on any atom is -0.322 e. The van der Waals surface area contributed by atoms with Crippen LogP contribution in [0.4, 0.5) is 10.5 Å². The monoisotopic (exact) mass is 243 g/mol. The molecule has 0 unspecified atom stereocenters. The van der Waals surface area contributed by atoms with Crippen molar-refractivity contribution < 1.29 is 4.79 Å². The highest BCUT2D eigenvalue weighted by Crippen LogP contribution is 2.11. The molecule has 1 aliphatic heterocycles. The van der Waals surface area contributed by atoms with Crippen molar-refractivity contribution in [3.05, 3.63) is 29.8 Å². The first-order valence-electron chi connectivity index (χ1n) is 6.00. The van der Waals surface area contributed by atoms with Gasteiger partial charge in [-0.2, -0.15) is 0 Å². The van der Waals surface area contributed by atoms with Gasteiger partial charge in [0.15, 0.2) is 0 Å². The predicted octanol–water partition coefficient (Wildman–Crippen LogP) is 1.45. The van der Waals surface area contributed by atoms with Gasteiger partial charge in [-0.1, -0.05) is 12.0 Å². The lowest BCUT2D eigenvalue weighted by Gasteiger charge is -2.32. The molecule has 0 aliphatic carbocycles. The van der Waals surface area contributed by atoms with Gasteiger partial charge in [0.2, 0.25) is 0 Å². The first-order valence-corrected chi connectivity index (χ1v) is 6.00. The Morgan fingerprint density at radius 1 is 1.33 bits per heavy atom. The topological polar surface area (TPSA) is 35.6 Å². The molecule has 94 valence electrons. The molecule has 2 rings (SSSR count). The second-order valence-corrected chi connectivity index (χ2v) is 4.45. The number of carbonyl (C=O) groups is 1. The Hall–Kier alpha value is -1.99. The van der Waals surface area contributed by atoms with Gasteiger partial charge >= 0.3 is 6.03 Å². The smallest absolute Gasteiger partial charge is 0.321 e. The minimum absolute atomic E-state index is 0.0581. The minimum atomic E-state index is -0.0581. The van der Waals surface area contributed by atoms with Crippen molar-refractivity contribution in [1.29, 1.82) is 0 Å². The molecule has 2 amide bonds. The van der Waals surface area contributed by atoms with Crippen molar-refractivity contribution in [1.82, 2.24) is 9.80 Å². The van der Waals surface area contributed by atoms with Gasteiger partial charge in [0, 0.05) is 37.4 Å². The fourth-order valence-electron chi connectivity index (χ4n) is 1.90. The summed E-state index contributed by atoms with van der Waals surface area (Å²) < 4.78 is 0. The van der Waals surface area contributed by atoms with Gasteiger partial charge in [0.05, 0.1) is 0 Å². The van der Waals surface area contributed by atoms with Crippen molar-refractivity contribution in [3.63, 3.8) is 0 Å². The molecule has 1 N–H and O–H groups in total. The molecule has 1 aliphatic rings. The van der Waals surface area contributed by atoms with E-state index < -0.39 is 0 Å². The molecule has 0 radical (unpaired) electrons. The maximum Gasteiger partial charge on any atom is 0.321 e. The zero-order chi connectivity index (χ0) is 13.0. The number of piperazine rings is 1. The number of nitrogens with one attached hydrogen (secondary N) is 1. The quantitative estimate of drug-likeness (QED) is 0.758. The summed E-state index contributed by atoms with van der Waals surface area (Å²) in [4.78, 5) is 16.1. The molecule has 0 spiro atoms. The van der Waals surface area contributed by atoms with Crippen LogP contribution in [0.2, 0.25) is 0 Å². The van der Waals surface area contributed by atoms with Gasteiger partial charge in [-0.05, 0) is 25.2 Å². The molecule has 4 heteroatoms. The van der Waals surface area contributed by atoms with Gasteiger partial charge in [-0.15, -0.1) is 6.42 Å². The number of anilines is 1.